The fourth-order valence-electron chi connectivity index (χ4n) is 3.21. The zero-order chi connectivity index (χ0) is 16.2. The van der Waals surface area contributed by atoms with Crippen molar-refractivity contribution in [1.82, 2.24) is 20.0 Å². The number of aromatic amines is 1. The van der Waals surface area contributed by atoms with E-state index >= 15 is 0 Å². The summed E-state index contributed by atoms with van der Waals surface area (Å²) in [6.07, 6.45) is 3.92. The minimum Gasteiger partial charge on any atom is -0.338 e. The first-order valence-electron chi connectivity index (χ1n) is 8.15. The molecule has 23 heavy (non-hydrogen) atoms. The van der Waals surface area contributed by atoms with Gasteiger partial charge in [0.15, 0.2) is 0 Å². The Morgan fingerprint density at radius 1 is 1.30 bits per heavy atom. The molecule has 0 aliphatic carbocycles. The number of carbonyl (C=O) groups excluding carboxylic acids is 1. The van der Waals surface area contributed by atoms with E-state index in [0.29, 0.717) is 5.92 Å². The van der Waals surface area contributed by atoms with Crippen molar-refractivity contribution in [3.8, 4) is 0 Å². The molecule has 1 aliphatic heterocycles. The number of piperidine rings is 1. The first-order chi connectivity index (χ1) is 11.1. The van der Waals surface area contributed by atoms with Gasteiger partial charge >= 0.3 is 0 Å². The lowest BCUT2D eigenvalue weighted by molar-refractivity contribution is 0.0706. The largest absolute Gasteiger partial charge is 0.338 e. The van der Waals surface area contributed by atoms with Gasteiger partial charge in [0.2, 0.25) is 0 Å². The average molecular weight is 312 g/mol. The third kappa shape index (κ3) is 3.79. The van der Waals surface area contributed by atoms with Crippen LogP contribution in [-0.4, -0.2) is 53.1 Å². The van der Waals surface area contributed by atoms with Gasteiger partial charge in [0.05, 0.1) is 0 Å². The molecule has 1 aromatic carbocycles. The number of amides is 1. The maximum absolute atomic E-state index is 12.7. The standard InChI is InChI=1S/C18H24N4O/c1-21(2)12-14-5-7-15(8-6-14)18(23)22-11-3-4-16(13-22)17-9-10-19-20-17/h5-10,16H,3-4,11-13H2,1-2H3,(H,19,20)/t16-/m0/s1. The summed E-state index contributed by atoms with van der Waals surface area (Å²) in [5.74, 6) is 0.494. The number of hydrogen-bond acceptors (Lipinski definition) is 3. The van der Waals surface area contributed by atoms with Gasteiger partial charge in [-0.25, -0.2) is 0 Å². The molecule has 1 aromatic heterocycles. The highest BCUT2D eigenvalue weighted by atomic mass is 16.2. The van der Waals surface area contributed by atoms with Crippen LogP contribution >= 0.6 is 0 Å². The molecule has 3 rings (SSSR count). The number of rotatable bonds is 4. The summed E-state index contributed by atoms with van der Waals surface area (Å²) < 4.78 is 0. The van der Waals surface area contributed by atoms with E-state index in [9.17, 15) is 4.79 Å². The maximum atomic E-state index is 12.7. The van der Waals surface area contributed by atoms with Gasteiger partial charge in [0.25, 0.3) is 5.91 Å². The van der Waals surface area contributed by atoms with E-state index in [0.717, 1.165) is 43.7 Å². The summed E-state index contributed by atoms with van der Waals surface area (Å²) in [5, 5.41) is 7.07. The van der Waals surface area contributed by atoms with E-state index in [1.807, 2.05) is 49.3 Å². The van der Waals surface area contributed by atoms with Crippen LogP contribution in [0.25, 0.3) is 0 Å². The van der Waals surface area contributed by atoms with Crippen molar-refractivity contribution in [1.29, 1.82) is 0 Å². The molecule has 5 nitrogen and oxygen atoms in total. The quantitative estimate of drug-likeness (QED) is 0.943. The number of hydrogen-bond donors (Lipinski definition) is 1. The summed E-state index contributed by atoms with van der Waals surface area (Å²) in [6.45, 7) is 2.49. The first kappa shape index (κ1) is 15.7. The number of benzene rings is 1. The van der Waals surface area contributed by atoms with Crippen molar-refractivity contribution in [2.75, 3.05) is 27.2 Å². The van der Waals surface area contributed by atoms with E-state index in [4.69, 9.17) is 0 Å². The Morgan fingerprint density at radius 3 is 2.74 bits per heavy atom. The number of likely N-dealkylation sites (tertiary alicyclic amines) is 1. The Labute approximate surface area is 137 Å². The van der Waals surface area contributed by atoms with Crippen LogP contribution in [0.2, 0.25) is 0 Å². The molecule has 1 amide bonds. The van der Waals surface area contributed by atoms with Crippen molar-refractivity contribution in [2.24, 2.45) is 0 Å². The van der Waals surface area contributed by atoms with E-state index in [-0.39, 0.29) is 5.91 Å². The summed E-state index contributed by atoms with van der Waals surface area (Å²) in [5.41, 5.74) is 3.13. The molecule has 0 saturated carbocycles. The van der Waals surface area contributed by atoms with E-state index in [1.54, 1.807) is 6.20 Å². The average Bonchev–Trinajstić information content (AvgIpc) is 3.09. The van der Waals surface area contributed by atoms with E-state index < -0.39 is 0 Å². The Kier molecular flexibility index (Phi) is 4.76. The van der Waals surface area contributed by atoms with Crippen LogP contribution < -0.4 is 0 Å². The minimum atomic E-state index is 0.130. The third-order valence-electron chi connectivity index (χ3n) is 4.37. The van der Waals surface area contributed by atoms with Crippen LogP contribution in [0.15, 0.2) is 36.5 Å². The van der Waals surface area contributed by atoms with Crippen LogP contribution in [0.5, 0.6) is 0 Å². The normalized spacial score (nSPS) is 18.4. The number of carbonyl (C=O) groups is 1. The van der Waals surface area contributed by atoms with Crippen molar-refractivity contribution in [3.63, 3.8) is 0 Å². The second-order valence-corrected chi connectivity index (χ2v) is 6.54. The smallest absolute Gasteiger partial charge is 0.253 e. The van der Waals surface area contributed by atoms with Crippen LogP contribution in [0.1, 0.15) is 40.4 Å². The molecular weight excluding hydrogens is 288 g/mol. The molecular formula is C18H24N4O. The summed E-state index contributed by atoms with van der Waals surface area (Å²) >= 11 is 0. The zero-order valence-electron chi connectivity index (χ0n) is 13.8. The Morgan fingerprint density at radius 2 is 2.09 bits per heavy atom. The molecule has 1 saturated heterocycles. The van der Waals surface area contributed by atoms with Crippen LogP contribution in [-0.2, 0) is 6.54 Å². The summed E-state index contributed by atoms with van der Waals surface area (Å²) in [6, 6.07) is 9.99. The highest BCUT2D eigenvalue weighted by molar-refractivity contribution is 5.94. The molecule has 0 spiro atoms. The van der Waals surface area contributed by atoms with Gasteiger partial charge in [-0.05, 0) is 50.7 Å². The Hall–Kier alpha value is -2.14. The first-order valence-corrected chi connectivity index (χ1v) is 8.15. The van der Waals surface area contributed by atoms with Gasteiger partial charge in [-0.15, -0.1) is 0 Å². The highest BCUT2D eigenvalue weighted by Crippen LogP contribution is 2.26. The molecule has 5 heteroatoms. The molecule has 122 valence electrons. The molecule has 2 heterocycles. The van der Waals surface area contributed by atoms with Crippen molar-refractivity contribution >= 4 is 5.91 Å². The van der Waals surface area contributed by atoms with Crippen LogP contribution in [0, 0.1) is 0 Å². The molecule has 1 N–H and O–H groups in total. The second-order valence-electron chi connectivity index (χ2n) is 6.54. The molecule has 1 fully saturated rings. The summed E-state index contributed by atoms with van der Waals surface area (Å²) in [4.78, 5) is 16.8. The Balaban J connectivity index is 1.67. The van der Waals surface area contributed by atoms with Gasteiger partial charge in [0.1, 0.15) is 0 Å². The number of nitrogens with one attached hydrogen (secondary N) is 1. The monoisotopic (exact) mass is 312 g/mol. The fourth-order valence-corrected chi connectivity index (χ4v) is 3.21. The molecule has 0 radical (unpaired) electrons. The number of nitrogens with zero attached hydrogens (tertiary/aromatic N) is 3. The van der Waals surface area contributed by atoms with Crippen molar-refractivity contribution < 1.29 is 4.79 Å². The minimum absolute atomic E-state index is 0.130. The molecule has 1 atom stereocenters. The second kappa shape index (κ2) is 6.96. The van der Waals surface area contributed by atoms with E-state index in [1.165, 1.54) is 5.56 Å². The third-order valence-corrected chi connectivity index (χ3v) is 4.37. The maximum Gasteiger partial charge on any atom is 0.253 e. The SMILES string of the molecule is CN(C)Cc1ccc(C(=O)N2CCC[C@H](c3ccn[nH]3)C2)cc1. The number of H-pyrrole nitrogens is 1. The van der Waals surface area contributed by atoms with Gasteiger partial charge in [-0.1, -0.05) is 12.1 Å². The Bertz CT molecular complexity index is 634. The summed E-state index contributed by atoms with van der Waals surface area (Å²) in [7, 11) is 4.09. The number of aromatic nitrogens is 2. The molecule has 2 aromatic rings. The topological polar surface area (TPSA) is 52.2 Å². The lowest BCUT2D eigenvalue weighted by Crippen LogP contribution is -2.39. The fraction of sp³-hybridized carbons (Fsp3) is 0.444. The molecule has 0 bridgehead atoms. The lowest BCUT2D eigenvalue weighted by atomic mass is 9.94. The van der Waals surface area contributed by atoms with Crippen molar-refractivity contribution in [2.45, 2.75) is 25.3 Å². The van der Waals surface area contributed by atoms with Crippen LogP contribution in [0.3, 0.4) is 0 Å². The van der Waals surface area contributed by atoms with Crippen LogP contribution in [0.4, 0.5) is 0 Å². The van der Waals surface area contributed by atoms with Gasteiger partial charge in [-0.3, -0.25) is 9.89 Å². The predicted molar refractivity (Wildman–Crippen MR) is 90.3 cm³/mol. The molecule has 0 unspecified atom stereocenters. The molecule has 1 aliphatic rings. The van der Waals surface area contributed by atoms with Crippen molar-refractivity contribution in [3.05, 3.63) is 53.3 Å². The van der Waals surface area contributed by atoms with E-state index in [2.05, 4.69) is 15.1 Å². The van der Waals surface area contributed by atoms with Gasteiger partial charge in [0, 0.05) is 43.0 Å². The zero-order valence-corrected chi connectivity index (χ0v) is 13.8. The lowest BCUT2D eigenvalue weighted by Gasteiger charge is -2.32. The predicted octanol–water partition coefficient (Wildman–Crippen LogP) is 2.49. The van der Waals surface area contributed by atoms with Gasteiger partial charge < -0.3 is 9.80 Å². The highest BCUT2D eigenvalue weighted by Gasteiger charge is 2.26. The van der Waals surface area contributed by atoms with Gasteiger partial charge in [-0.2, -0.15) is 5.10 Å².